The van der Waals surface area contributed by atoms with Crippen LogP contribution in [-0.2, 0) is 9.53 Å². The SMILES string of the molecule is CCCCCCCCCCCCCC(=O)OCC[N+](C)(C)C1CCCCC1. The number of unbranched alkanes of at least 4 members (excludes halogenated alkanes) is 10. The highest BCUT2D eigenvalue weighted by Gasteiger charge is 2.29. The minimum absolute atomic E-state index is 0.00886. The summed E-state index contributed by atoms with van der Waals surface area (Å²) in [7, 11) is 4.60. The Bertz CT molecular complexity index is 361. The van der Waals surface area contributed by atoms with Crippen LogP contribution in [0.3, 0.4) is 0 Å². The van der Waals surface area contributed by atoms with E-state index in [2.05, 4.69) is 21.0 Å². The van der Waals surface area contributed by atoms with Crippen LogP contribution in [0.2, 0.25) is 0 Å². The summed E-state index contributed by atoms with van der Waals surface area (Å²) in [6.45, 7) is 3.81. The molecule has 0 aromatic carbocycles. The highest BCUT2D eigenvalue weighted by atomic mass is 16.5. The van der Waals surface area contributed by atoms with Crippen LogP contribution in [0.5, 0.6) is 0 Å². The Morgan fingerprint density at radius 2 is 1.33 bits per heavy atom. The Morgan fingerprint density at radius 1 is 0.815 bits per heavy atom. The molecular formula is C24H48NO2+. The van der Waals surface area contributed by atoms with Crippen LogP contribution < -0.4 is 0 Å². The number of ether oxygens (including phenoxy) is 1. The number of carbonyl (C=O) groups is 1. The summed E-state index contributed by atoms with van der Waals surface area (Å²) >= 11 is 0. The van der Waals surface area contributed by atoms with Crippen molar-refractivity contribution in [3.05, 3.63) is 0 Å². The van der Waals surface area contributed by atoms with E-state index in [1.54, 1.807) is 0 Å². The van der Waals surface area contributed by atoms with Gasteiger partial charge in [-0.05, 0) is 32.1 Å². The van der Waals surface area contributed by atoms with Gasteiger partial charge >= 0.3 is 5.97 Å². The van der Waals surface area contributed by atoms with Crippen LogP contribution in [0.25, 0.3) is 0 Å². The lowest BCUT2D eigenvalue weighted by Gasteiger charge is -2.40. The molecule has 1 fully saturated rings. The first kappa shape index (κ1) is 24.5. The summed E-state index contributed by atoms with van der Waals surface area (Å²) < 4.78 is 6.51. The molecule has 0 aromatic rings. The monoisotopic (exact) mass is 382 g/mol. The van der Waals surface area contributed by atoms with E-state index in [1.807, 2.05) is 0 Å². The normalized spacial score (nSPS) is 15.8. The lowest BCUT2D eigenvalue weighted by Crippen LogP contribution is -2.51. The van der Waals surface area contributed by atoms with Gasteiger partial charge in [-0.15, -0.1) is 0 Å². The summed E-state index contributed by atoms with van der Waals surface area (Å²) in [5.74, 6) is 0.00886. The first-order chi connectivity index (χ1) is 13.1. The highest BCUT2D eigenvalue weighted by molar-refractivity contribution is 5.69. The van der Waals surface area contributed by atoms with Crippen molar-refractivity contribution in [1.29, 1.82) is 0 Å². The highest BCUT2D eigenvalue weighted by Crippen LogP contribution is 2.25. The molecule has 1 saturated carbocycles. The van der Waals surface area contributed by atoms with Crippen LogP contribution in [-0.4, -0.2) is 43.7 Å². The van der Waals surface area contributed by atoms with E-state index in [1.165, 1.54) is 96.3 Å². The molecule has 0 bridgehead atoms. The first-order valence-electron chi connectivity index (χ1n) is 12.0. The average molecular weight is 383 g/mol. The molecule has 1 aliphatic carbocycles. The van der Waals surface area contributed by atoms with Crippen molar-refractivity contribution < 1.29 is 14.0 Å². The fourth-order valence-electron chi connectivity index (χ4n) is 4.36. The lowest BCUT2D eigenvalue weighted by atomic mass is 9.93. The van der Waals surface area contributed by atoms with Gasteiger partial charge in [-0.2, -0.15) is 0 Å². The number of rotatable bonds is 16. The molecule has 0 amide bonds. The molecule has 1 aliphatic rings. The second-order valence-corrected chi connectivity index (χ2v) is 9.30. The largest absolute Gasteiger partial charge is 0.460 e. The molecule has 3 heteroatoms. The van der Waals surface area contributed by atoms with Gasteiger partial charge in [0.25, 0.3) is 0 Å². The zero-order chi connectivity index (χ0) is 19.8. The van der Waals surface area contributed by atoms with Gasteiger partial charge in [0.15, 0.2) is 0 Å². The van der Waals surface area contributed by atoms with Gasteiger partial charge in [-0.3, -0.25) is 4.79 Å². The number of hydrogen-bond donors (Lipinski definition) is 0. The third-order valence-corrected chi connectivity index (χ3v) is 6.48. The fraction of sp³-hybridized carbons (Fsp3) is 0.958. The van der Waals surface area contributed by atoms with Crippen LogP contribution in [0.1, 0.15) is 116 Å². The predicted octanol–water partition coefficient (Wildman–Crippen LogP) is 6.64. The molecule has 0 aromatic heterocycles. The molecule has 3 nitrogen and oxygen atoms in total. The fourth-order valence-corrected chi connectivity index (χ4v) is 4.36. The maximum atomic E-state index is 11.9. The number of likely N-dealkylation sites (N-methyl/N-ethyl adjacent to an activating group) is 1. The molecule has 27 heavy (non-hydrogen) atoms. The third kappa shape index (κ3) is 12.5. The van der Waals surface area contributed by atoms with Gasteiger partial charge in [0, 0.05) is 6.42 Å². The van der Waals surface area contributed by atoms with E-state index in [-0.39, 0.29) is 5.97 Å². The van der Waals surface area contributed by atoms with Crippen molar-refractivity contribution in [2.45, 2.75) is 122 Å². The average Bonchev–Trinajstić information content (AvgIpc) is 2.66. The molecule has 0 aliphatic heterocycles. The van der Waals surface area contributed by atoms with Crippen LogP contribution in [0.4, 0.5) is 0 Å². The standard InChI is InChI=1S/C24H48NO2/c1-4-5-6-7-8-9-10-11-12-13-17-20-24(26)27-22-21-25(2,3)23-18-15-14-16-19-23/h23H,4-22H2,1-3H3/q+1. The van der Waals surface area contributed by atoms with E-state index in [4.69, 9.17) is 4.74 Å². The number of carbonyl (C=O) groups excluding carboxylic acids is 1. The van der Waals surface area contributed by atoms with Crippen molar-refractivity contribution in [2.75, 3.05) is 27.2 Å². The summed E-state index contributed by atoms with van der Waals surface area (Å²) in [6.07, 6.45) is 21.9. The zero-order valence-electron chi connectivity index (χ0n) is 18.8. The Kier molecular flexibility index (Phi) is 13.9. The molecule has 0 heterocycles. The van der Waals surface area contributed by atoms with Gasteiger partial charge in [-0.1, -0.05) is 77.6 Å². The number of nitrogens with zero attached hydrogens (tertiary/aromatic N) is 1. The van der Waals surface area contributed by atoms with E-state index < -0.39 is 0 Å². The van der Waals surface area contributed by atoms with Crippen LogP contribution >= 0.6 is 0 Å². The molecular weight excluding hydrogens is 334 g/mol. The second kappa shape index (κ2) is 15.4. The van der Waals surface area contributed by atoms with Gasteiger partial charge < -0.3 is 9.22 Å². The minimum Gasteiger partial charge on any atom is -0.460 e. The maximum Gasteiger partial charge on any atom is 0.305 e. The Balaban J connectivity index is 1.91. The van der Waals surface area contributed by atoms with E-state index in [0.29, 0.717) is 13.0 Å². The van der Waals surface area contributed by atoms with Crippen LogP contribution in [0.15, 0.2) is 0 Å². The summed E-state index contributed by atoms with van der Waals surface area (Å²) in [5, 5.41) is 0. The predicted molar refractivity (Wildman–Crippen MR) is 116 cm³/mol. The third-order valence-electron chi connectivity index (χ3n) is 6.48. The minimum atomic E-state index is 0.00886. The Morgan fingerprint density at radius 3 is 1.89 bits per heavy atom. The number of quaternary nitrogens is 1. The first-order valence-corrected chi connectivity index (χ1v) is 12.0. The van der Waals surface area contributed by atoms with Gasteiger partial charge in [0.05, 0.1) is 20.1 Å². The van der Waals surface area contributed by atoms with E-state index >= 15 is 0 Å². The molecule has 0 radical (unpaired) electrons. The van der Waals surface area contributed by atoms with Crippen molar-refractivity contribution >= 4 is 5.97 Å². The molecule has 0 atom stereocenters. The summed E-state index contributed by atoms with van der Waals surface area (Å²) in [5.41, 5.74) is 0. The van der Waals surface area contributed by atoms with Gasteiger partial charge in [0.2, 0.25) is 0 Å². The van der Waals surface area contributed by atoms with E-state index in [9.17, 15) is 4.79 Å². The lowest BCUT2D eigenvalue weighted by molar-refractivity contribution is -0.916. The van der Waals surface area contributed by atoms with Crippen molar-refractivity contribution in [3.63, 3.8) is 0 Å². The number of esters is 1. The quantitative estimate of drug-likeness (QED) is 0.170. The molecule has 0 spiro atoms. The smallest absolute Gasteiger partial charge is 0.305 e. The Hall–Kier alpha value is -0.570. The molecule has 0 saturated heterocycles. The molecule has 1 rings (SSSR count). The van der Waals surface area contributed by atoms with E-state index in [0.717, 1.165) is 23.5 Å². The number of hydrogen-bond acceptors (Lipinski definition) is 2. The molecule has 0 unspecified atom stereocenters. The Labute approximate surface area is 169 Å². The maximum absolute atomic E-state index is 11.9. The van der Waals surface area contributed by atoms with Crippen molar-refractivity contribution in [2.24, 2.45) is 0 Å². The van der Waals surface area contributed by atoms with Gasteiger partial charge in [0.1, 0.15) is 13.2 Å². The second-order valence-electron chi connectivity index (χ2n) is 9.30. The molecule has 0 N–H and O–H groups in total. The molecule has 160 valence electrons. The van der Waals surface area contributed by atoms with Crippen molar-refractivity contribution in [3.8, 4) is 0 Å². The van der Waals surface area contributed by atoms with Crippen LogP contribution in [0, 0.1) is 0 Å². The topological polar surface area (TPSA) is 26.3 Å². The van der Waals surface area contributed by atoms with Crippen molar-refractivity contribution in [1.82, 2.24) is 0 Å². The summed E-state index contributed by atoms with van der Waals surface area (Å²) in [6, 6.07) is 0.754. The van der Waals surface area contributed by atoms with Gasteiger partial charge in [-0.25, -0.2) is 0 Å². The zero-order valence-corrected chi connectivity index (χ0v) is 18.8. The summed E-state index contributed by atoms with van der Waals surface area (Å²) in [4.78, 5) is 11.9.